The molecule has 0 saturated carbocycles. The number of hydrogen-bond acceptors (Lipinski definition) is 9. The number of rotatable bonds is 11. The minimum Gasteiger partial charge on any atom is -0.748 e. The standard InChI is InChI=1S/C31H32N2O8S2.Na/c1-3-23(18-30-32(16-9-17-42(34,35)36)26-12-7-8-13-28(26)40-30)19-31-33(21-22(2)43(37,38)39)27-20-25(14-15-29(27)41-31)24-10-5-4-6-11-24;/h4-8,10-15,18-20,22H,3,9,16-17,21H2,1-2H3,(H-,34,35,36,37,38,39);/q;+1/p-1. The van der Waals surface area contributed by atoms with Crippen LogP contribution in [0.1, 0.15) is 32.6 Å². The van der Waals surface area contributed by atoms with Crippen LogP contribution in [-0.4, -0.2) is 43.5 Å². The van der Waals surface area contributed by atoms with E-state index in [1.54, 1.807) is 23.1 Å². The third-order valence-corrected chi connectivity index (χ3v) is 9.13. The fourth-order valence-electron chi connectivity index (χ4n) is 4.91. The van der Waals surface area contributed by atoms with Crippen LogP contribution in [0.2, 0.25) is 0 Å². The number of aromatic nitrogens is 1. The van der Waals surface area contributed by atoms with Gasteiger partial charge in [0.1, 0.15) is 0 Å². The second kappa shape index (κ2) is 14.0. The molecule has 3 aromatic carbocycles. The van der Waals surface area contributed by atoms with Gasteiger partial charge in [-0.25, -0.2) is 16.8 Å². The molecule has 0 N–H and O–H groups in total. The maximum Gasteiger partial charge on any atom is 1.00 e. The van der Waals surface area contributed by atoms with Gasteiger partial charge in [-0.2, -0.15) is 4.57 Å². The first-order valence-corrected chi connectivity index (χ1v) is 16.8. The van der Waals surface area contributed by atoms with Crippen LogP contribution in [0.25, 0.3) is 28.3 Å². The second-order valence-electron chi connectivity index (χ2n) is 10.3. The van der Waals surface area contributed by atoms with Crippen molar-refractivity contribution in [2.75, 3.05) is 17.2 Å². The summed E-state index contributed by atoms with van der Waals surface area (Å²) in [6.45, 7) is 3.43. The van der Waals surface area contributed by atoms with Gasteiger partial charge in [0.05, 0.1) is 37.2 Å². The molecule has 0 aliphatic carbocycles. The zero-order chi connectivity index (χ0) is 30.8. The molecule has 5 rings (SSSR count). The van der Waals surface area contributed by atoms with E-state index >= 15 is 0 Å². The molecule has 44 heavy (non-hydrogen) atoms. The van der Waals surface area contributed by atoms with Gasteiger partial charge in [-0.15, -0.1) is 0 Å². The van der Waals surface area contributed by atoms with Crippen LogP contribution in [-0.2, 0) is 26.8 Å². The predicted molar refractivity (Wildman–Crippen MR) is 161 cm³/mol. The van der Waals surface area contributed by atoms with Gasteiger partial charge in [0.2, 0.25) is 11.5 Å². The number of oxazole rings is 1. The molecule has 0 saturated heterocycles. The molecular formula is C31H31N2NaO8S2. The van der Waals surface area contributed by atoms with Gasteiger partial charge in [0.25, 0.3) is 5.52 Å². The summed E-state index contributed by atoms with van der Waals surface area (Å²) in [6, 6.07) is 22.7. The summed E-state index contributed by atoms with van der Waals surface area (Å²) >= 11 is 0. The molecule has 1 unspecified atom stereocenters. The summed E-state index contributed by atoms with van der Waals surface area (Å²) in [5.74, 6) is 0.820. The monoisotopic (exact) mass is 646 g/mol. The summed E-state index contributed by atoms with van der Waals surface area (Å²) in [7, 11) is -8.94. The SMILES string of the molecule is CCC(/C=C1\Oc2ccc(-c3ccccc3)cc2N1CC(C)S(=O)(=O)[O-])=C\c1oc2ccccc2[n+]1CCCS(=O)(=O)[O-].[Na+]. The first-order valence-electron chi connectivity index (χ1n) is 13.8. The molecule has 1 aromatic heterocycles. The summed E-state index contributed by atoms with van der Waals surface area (Å²) in [4.78, 5) is 1.69. The Bertz CT molecular complexity index is 1920. The molecule has 1 aliphatic rings. The van der Waals surface area contributed by atoms with Gasteiger partial charge < -0.3 is 23.2 Å². The Labute approximate surface area is 279 Å². The van der Waals surface area contributed by atoms with Crippen molar-refractivity contribution in [1.29, 1.82) is 0 Å². The fourth-order valence-corrected chi connectivity index (χ4v) is 5.72. The Kier molecular flexibility index (Phi) is 10.8. The molecule has 4 aromatic rings. The summed E-state index contributed by atoms with van der Waals surface area (Å²) in [5.41, 5.74) is 4.61. The molecule has 226 valence electrons. The van der Waals surface area contributed by atoms with E-state index in [4.69, 9.17) is 9.15 Å². The number of fused-ring (bicyclic) bond motifs is 2. The minimum atomic E-state index is -4.57. The third-order valence-electron chi connectivity index (χ3n) is 7.21. The maximum absolute atomic E-state index is 11.9. The number of allylic oxidation sites excluding steroid dienone is 2. The van der Waals surface area contributed by atoms with Crippen molar-refractivity contribution in [1.82, 2.24) is 0 Å². The second-order valence-corrected chi connectivity index (χ2v) is 13.6. The molecule has 0 amide bonds. The minimum absolute atomic E-state index is 0. The van der Waals surface area contributed by atoms with Crippen molar-refractivity contribution >= 4 is 43.1 Å². The average Bonchev–Trinajstić information content (AvgIpc) is 3.48. The Hall–Kier alpha value is -2.97. The molecule has 0 fully saturated rings. The van der Waals surface area contributed by atoms with Crippen molar-refractivity contribution in [3.63, 3.8) is 0 Å². The Morgan fingerprint density at radius 3 is 2.36 bits per heavy atom. The van der Waals surface area contributed by atoms with Crippen molar-refractivity contribution < 1.29 is 69.2 Å². The van der Waals surface area contributed by atoms with E-state index in [0.29, 0.717) is 35.2 Å². The van der Waals surface area contributed by atoms with Gasteiger partial charge in [0, 0.05) is 30.9 Å². The summed E-state index contributed by atoms with van der Waals surface area (Å²) < 4.78 is 83.4. The van der Waals surface area contributed by atoms with Crippen LogP contribution in [0.3, 0.4) is 0 Å². The maximum atomic E-state index is 11.9. The van der Waals surface area contributed by atoms with E-state index in [-0.39, 0.29) is 49.1 Å². The molecule has 10 nitrogen and oxygen atoms in total. The van der Waals surface area contributed by atoms with Gasteiger partial charge in [-0.05, 0) is 48.2 Å². The van der Waals surface area contributed by atoms with E-state index < -0.39 is 31.2 Å². The van der Waals surface area contributed by atoms with Gasteiger partial charge in [-0.1, -0.05) is 55.5 Å². The van der Waals surface area contributed by atoms with Crippen LogP contribution in [0.5, 0.6) is 5.75 Å². The number of nitrogens with zero attached hydrogens (tertiary/aromatic N) is 2. The molecule has 1 atom stereocenters. The quantitative estimate of drug-likeness (QED) is 0.135. The van der Waals surface area contributed by atoms with Crippen LogP contribution < -0.4 is 43.8 Å². The Balaban J connectivity index is 0.00000442. The Morgan fingerprint density at radius 2 is 1.68 bits per heavy atom. The number of ether oxygens (including phenoxy) is 1. The molecule has 0 radical (unpaired) electrons. The van der Waals surface area contributed by atoms with E-state index in [9.17, 15) is 25.9 Å². The molecule has 2 heterocycles. The largest absolute Gasteiger partial charge is 1.00 e. The van der Waals surface area contributed by atoms with Crippen LogP contribution in [0.4, 0.5) is 5.69 Å². The number of hydrogen-bond donors (Lipinski definition) is 0. The number of para-hydroxylation sites is 2. The van der Waals surface area contributed by atoms with E-state index in [2.05, 4.69) is 0 Å². The van der Waals surface area contributed by atoms with Crippen molar-refractivity contribution in [2.24, 2.45) is 0 Å². The van der Waals surface area contributed by atoms with E-state index in [0.717, 1.165) is 22.2 Å². The van der Waals surface area contributed by atoms with Gasteiger partial charge >= 0.3 is 35.4 Å². The van der Waals surface area contributed by atoms with Crippen molar-refractivity contribution in [3.8, 4) is 16.9 Å². The Morgan fingerprint density at radius 1 is 0.977 bits per heavy atom. The predicted octanol–water partition coefficient (Wildman–Crippen LogP) is 1.79. The van der Waals surface area contributed by atoms with E-state index in [1.807, 2.05) is 78.2 Å². The topological polar surface area (TPSA) is 144 Å². The zero-order valence-electron chi connectivity index (χ0n) is 24.7. The molecule has 13 heteroatoms. The first kappa shape index (κ1) is 33.9. The number of aryl methyl sites for hydroxylation is 1. The van der Waals surface area contributed by atoms with Gasteiger partial charge in [-0.3, -0.25) is 0 Å². The number of benzene rings is 3. The smallest absolute Gasteiger partial charge is 0.748 e. The van der Waals surface area contributed by atoms with Crippen molar-refractivity contribution in [2.45, 2.75) is 38.5 Å². The van der Waals surface area contributed by atoms with Crippen LogP contribution >= 0.6 is 0 Å². The zero-order valence-corrected chi connectivity index (χ0v) is 28.3. The normalized spacial score (nSPS) is 15.2. The number of anilines is 1. The molecule has 0 spiro atoms. The van der Waals surface area contributed by atoms with Gasteiger partial charge in [0.15, 0.2) is 12.3 Å². The first-order chi connectivity index (χ1) is 20.4. The van der Waals surface area contributed by atoms with Crippen LogP contribution in [0, 0.1) is 0 Å². The molecule has 0 bridgehead atoms. The summed E-state index contributed by atoms with van der Waals surface area (Å²) in [6.07, 6.45) is 4.22. The fraction of sp³-hybridized carbons (Fsp3) is 0.258. The van der Waals surface area contributed by atoms with Crippen LogP contribution in [0.15, 0.2) is 94.7 Å². The van der Waals surface area contributed by atoms with E-state index in [1.165, 1.54) is 6.92 Å². The van der Waals surface area contributed by atoms with Crippen molar-refractivity contribution in [3.05, 3.63) is 96.2 Å². The molecular weight excluding hydrogens is 615 g/mol. The summed E-state index contributed by atoms with van der Waals surface area (Å²) in [5, 5.41) is -1.21. The third kappa shape index (κ3) is 7.99. The average molecular weight is 647 g/mol. The molecule has 1 aliphatic heterocycles.